The fourth-order valence-corrected chi connectivity index (χ4v) is 4.65. The van der Waals surface area contributed by atoms with E-state index in [0.717, 1.165) is 33.5 Å². The molecule has 1 heterocycles. The van der Waals surface area contributed by atoms with Crippen LogP contribution < -0.4 is 9.62 Å². The average molecular weight is 447 g/mol. The van der Waals surface area contributed by atoms with Crippen molar-refractivity contribution < 1.29 is 18.1 Å². The number of sulfonamides is 1. The van der Waals surface area contributed by atoms with Crippen molar-refractivity contribution >= 4 is 43.8 Å². The summed E-state index contributed by atoms with van der Waals surface area (Å²) < 4.78 is 25.5. The predicted octanol–water partition coefficient (Wildman–Crippen LogP) is 2.91. The van der Waals surface area contributed by atoms with Crippen LogP contribution in [0.3, 0.4) is 0 Å². The molecule has 0 bridgehead atoms. The summed E-state index contributed by atoms with van der Waals surface area (Å²) in [6.07, 6.45) is 0.925. The molecule has 0 fully saturated rings. The predicted molar refractivity (Wildman–Crippen MR) is 114 cm³/mol. The summed E-state index contributed by atoms with van der Waals surface area (Å²) >= 11 is 1.14. The number of nitrogens with one attached hydrogen (secondary N) is 1. The Morgan fingerprint density at radius 2 is 1.87 bits per heavy atom. The number of nitro groups is 1. The molecule has 30 heavy (non-hydrogen) atoms. The molecule has 0 saturated heterocycles. The second-order valence-electron chi connectivity index (χ2n) is 6.28. The minimum absolute atomic E-state index is 0.0107. The van der Waals surface area contributed by atoms with Gasteiger partial charge in [0.05, 0.1) is 16.9 Å². The van der Waals surface area contributed by atoms with Crippen LogP contribution in [0.25, 0.3) is 10.6 Å². The van der Waals surface area contributed by atoms with E-state index in [-0.39, 0.29) is 16.5 Å². The summed E-state index contributed by atoms with van der Waals surface area (Å²) in [5.41, 5.74) is 0.555. The number of nitro benzene ring substituents is 1. The van der Waals surface area contributed by atoms with Gasteiger partial charge in [-0.05, 0) is 13.0 Å². The molecule has 0 aliphatic carbocycles. The Morgan fingerprint density at radius 3 is 2.50 bits per heavy atom. The smallest absolute Gasteiger partial charge is 0.271 e. The lowest BCUT2D eigenvalue weighted by Gasteiger charge is -2.27. The monoisotopic (exact) mass is 447 g/mol. The van der Waals surface area contributed by atoms with E-state index in [9.17, 15) is 23.3 Å². The number of amides is 1. The maximum atomic E-state index is 12.7. The minimum atomic E-state index is -3.92. The van der Waals surface area contributed by atoms with E-state index < -0.39 is 26.9 Å². The Kier molecular flexibility index (Phi) is 6.08. The van der Waals surface area contributed by atoms with Crippen molar-refractivity contribution in [3.05, 3.63) is 64.7 Å². The largest absolute Gasteiger partial charge is 0.299 e. The molecule has 0 aliphatic heterocycles. The van der Waals surface area contributed by atoms with Gasteiger partial charge in [-0.15, -0.1) is 10.2 Å². The summed E-state index contributed by atoms with van der Waals surface area (Å²) in [5, 5.41) is 22.3. The molecule has 0 radical (unpaired) electrons. The van der Waals surface area contributed by atoms with Gasteiger partial charge in [0, 0.05) is 17.7 Å². The van der Waals surface area contributed by atoms with Crippen LogP contribution in [0.5, 0.6) is 0 Å². The Morgan fingerprint density at radius 1 is 1.17 bits per heavy atom. The lowest BCUT2D eigenvalue weighted by atomic mass is 10.2. The molecule has 0 spiro atoms. The highest BCUT2D eigenvalue weighted by molar-refractivity contribution is 7.92. The highest BCUT2D eigenvalue weighted by atomic mass is 32.2. The van der Waals surface area contributed by atoms with E-state index in [1.54, 1.807) is 0 Å². The molecule has 2 aromatic carbocycles. The normalized spacial score (nSPS) is 12.2. The van der Waals surface area contributed by atoms with Gasteiger partial charge in [0.25, 0.3) is 5.69 Å². The van der Waals surface area contributed by atoms with Gasteiger partial charge in [0.15, 0.2) is 0 Å². The van der Waals surface area contributed by atoms with Crippen molar-refractivity contribution in [3.8, 4) is 10.6 Å². The molecule has 3 aromatic rings. The van der Waals surface area contributed by atoms with Crippen LogP contribution in [0, 0.1) is 10.1 Å². The third kappa shape index (κ3) is 4.78. The number of carbonyl (C=O) groups is 1. The van der Waals surface area contributed by atoms with Gasteiger partial charge in [-0.25, -0.2) is 8.42 Å². The first kappa shape index (κ1) is 21.3. The van der Waals surface area contributed by atoms with Gasteiger partial charge in [-0.2, -0.15) is 0 Å². The molecule has 1 N–H and O–H groups in total. The number of non-ortho nitro benzene ring substituents is 1. The number of anilines is 2. The molecule has 3 rings (SSSR count). The molecule has 1 aromatic heterocycles. The third-order valence-corrected chi connectivity index (χ3v) is 6.19. The molecule has 10 nitrogen and oxygen atoms in total. The third-order valence-electron chi connectivity index (χ3n) is 4.06. The number of aromatic nitrogens is 2. The Balaban J connectivity index is 1.84. The van der Waals surface area contributed by atoms with Crippen LogP contribution in [-0.2, 0) is 14.8 Å². The molecule has 1 atom stereocenters. The maximum Gasteiger partial charge on any atom is 0.271 e. The summed E-state index contributed by atoms with van der Waals surface area (Å²) in [6, 6.07) is 13.1. The topological polar surface area (TPSA) is 135 Å². The van der Waals surface area contributed by atoms with Gasteiger partial charge in [0.2, 0.25) is 21.1 Å². The quantitative estimate of drug-likeness (QED) is 0.434. The van der Waals surface area contributed by atoms with Crippen molar-refractivity contribution in [3.63, 3.8) is 0 Å². The standard InChI is InChI=1S/C18H17N5O5S2/c1-12(22(30(2,27)28)14-9-6-10-15(11-14)23(25)26)16(24)19-18-21-20-17(29-18)13-7-4-3-5-8-13/h3-12H,1-2H3,(H,19,21,24)/t12-/m0/s1. The van der Waals surface area contributed by atoms with E-state index in [1.165, 1.54) is 25.1 Å². The molecular weight excluding hydrogens is 430 g/mol. The second-order valence-corrected chi connectivity index (χ2v) is 9.12. The Hall–Kier alpha value is -3.38. The lowest BCUT2D eigenvalue weighted by molar-refractivity contribution is -0.384. The highest BCUT2D eigenvalue weighted by Gasteiger charge is 2.30. The van der Waals surface area contributed by atoms with Gasteiger partial charge >= 0.3 is 0 Å². The van der Waals surface area contributed by atoms with Gasteiger partial charge < -0.3 is 0 Å². The van der Waals surface area contributed by atoms with Crippen LogP contribution in [0.2, 0.25) is 0 Å². The molecular formula is C18H17N5O5S2. The number of carbonyl (C=O) groups excluding carboxylic acids is 1. The fraction of sp³-hybridized carbons (Fsp3) is 0.167. The first-order chi connectivity index (χ1) is 14.2. The summed E-state index contributed by atoms with van der Waals surface area (Å²) in [6.45, 7) is 1.38. The maximum absolute atomic E-state index is 12.7. The average Bonchev–Trinajstić information content (AvgIpc) is 3.16. The lowest BCUT2D eigenvalue weighted by Crippen LogP contribution is -2.45. The van der Waals surface area contributed by atoms with Crippen molar-refractivity contribution in [1.29, 1.82) is 0 Å². The van der Waals surface area contributed by atoms with E-state index in [2.05, 4.69) is 15.5 Å². The molecule has 0 aliphatic rings. The molecule has 1 amide bonds. The van der Waals surface area contributed by atoms with E-state index >= 15 is 0 Å². The van der Waals surface area contributed by atoms with E-state index in [4.69, 9.17) is 0 Å². The highest BCUT2D eigenvalue weighted by Crippen LogP contribution is 2.28. The van der Waals surface area contributed by atoms with Crippen molar-refractivity contribution in [2.75, 3.05) is 15.9 Å². The second kappa shape index (κ2) is 8.55. The van der Waals surface area contributed by atoms with Crippen LogP contribution >= 0.6 is 11.3 Å². The summed E-state index contributed by atoms with van der Waals surface area (Å²) in [4.78, 5) is 23.1. The van der Waals surface area contributed by atoms with Crippen molar-refractivity contribution in [2.45, 2.75) is 13.0 Å². The van der Waals surface area contributed by atoms with Crippen LogP contribution in [0.4, 0.5) is 16.5 Å². The first-order valence-corrected chi connectivity index (χ1v) is 11.3. The Labute approximate surface area is 176 Å². The van der Waals surface area contributed by atoms with Crippen LogP contribution in [0.15, 0.2) is 54.6 Å². The Bertz CT molecular complexity index is 1180. The summed E-state index contributed by atoms with van der Waals surface area (Å²) in [7, 11) is -3.92. The number of hydrogen-bond donors (Lipinski definition) is 1. The molecule has 0 saturated carbocycles. The van der Waals surface area contributed by atoms with Gasteiger partial charge in [-0.1, -0.05) is 47.7 Å². The molecule has 156 valence electrons. The zero-order valence-electron chi connectivity index (χ0n) is 15.9. The van der Waals surface area contributed by atoms with Crippen molar-refractivity contribution in [1.82, 2.24) is 10.2 Å². The van der Waals surface area contributed by atoms with Crippen molar-refractivity contribution in [2.24, 2.45) is 0 Å². The number of nitrogens with zero attached hydrogens (tertiary/aromatic N) is 4. The van der Waals surface area contributed by atoms with E-state index in [1.807, 2.05) is 30.3 Å². The van der Waals surface area contributed by atoms with Gasteiger partial charge in [-0.3, -0.25) is 24.5 Å². The number of hydrogen-bond acceptors (Lipinski definition) is 8. The number of benzene rings is 2. The molecule has 12 heteroatoms. The number of rotatable bonds is 7. The SMILES string of the molecule is C[C@@H](C(=O)Nc1nnc(-c2ccccc2)s1)N(c1cccc([N+](=O)[O-])c1)S(C)(=O)=O. The molecule has 0 unspecified atom stereocenters. The fourth-order valence-electron chi connectivity index (χ4n) is 2.73. The summed E-state index contributed by atoms with van der Waals surface area (Å²) in [5.74, 6) is -0.650. The zero-order chi connectivity index (χ0) is 21.9. The first-order valence-electron chi connectivity index (χ1n) is 8.60. The minimum Gasteiger partial charge on any atom is -0.299 e. The van der Waals surface area contributed by atoms with Crippen LogP contribution in [-0.4, -0.2) is 41.7 Å². The van der Waals surface area contributed by atoms with Crippen LogP contribution in [0.1, 0.15) is 6.92 Å². The van der Waals surface area contributed by atoms with E-state index in [0.29, 0.717) is 5.01 Å². The zero-order valence-corrected chi connectivity index (χ0v) is 17.6. The van der Waals surface area contributed by atoms with Gasteiger partial charge in [0.1, 0.15) is 11.0 Å².